The van der Waals surface area contributed by atoms with Crippen molar-refractivity contribution in [1.29, 1.82) is 0 Å². The van der Waals surface area contributed by atoms with E-state index in [4.69, 9.17) is 4.74 Å². The van der Waals surface area contributed by atoms with E-state index in [1.54, 1.807) is 19.1 Å². The van der Waals surface area contributed by atoms with Gasteiger partial charge in [0, 0.05) is 5.69 Å². The second-order valence-electron chi connectivity index (χ2n) is 5.35. The van der Waals surface area contributed by atoms with Crippen LogP contribution in [0.3, 0.4) is 0 Å². The molecular weight excluding hydrogens is 316 g/mol. The first kappa shape index (κ1) is 17.6. The van der Waals surface area contributed by atoms with Crippen LogP contribution in [0.5, 0.6) is 0 Å². The molecule has 0 heterocycles. The van der Waals surface area contributed by atoms with Crippen LogP contribution in [0.1, 0.15) is 18.1 Å². The lowest BCUT2D eigenvalue weighted by Gasteiger charge is -2.14. The highest BCUT2D eigenvalue weighted by Crippen LogP contribution is 2.14. The number of ether oxygens (including phenoxy) is 1. The zero-order valence-corrected chi connectivity index (χ0v) is 13.3. The Kier molecular flexibility index (Phi) is 5.63. The number of halogens is 2. The second kappa shape index (κ2) is 7.68. The van der Waals surface area contributed by atoms with E-state index in [1.165, 1.54) is 37.3 Å². The van der Waals surface area contributed by atoms with Crippen LogP contribution >= 0.6 is 0 Å². The second-order valence-corrected chi connectivity index (χ2v) is 5.35. The van der Waals surface area contributed by atoms with Crippen LogP contribution in [0.25, 0.3) is 0 Å². The number of carbonyl (C=O) groups is 2. The summed E-state index contributed by atoms with van der Waals surface area (Å²) in [6.45, 7) is 2.99. The van der Waals surface area contributed by atoms with Crippen molar-refractivity contribution >= 4 is 17.6 Å². The molecule has 0 radical (unpaired) electrons. The number of hydrogen-bond acceptors (Lipinski definition) is 3. The molecule has 6 heteroatoms. The third-order valence-corrected chi connectivity index (χ3v) is 3.41. The average molecular weight is 333 g/mol. The molecule has 2 aromatic rings. The van der Waals surface area contributed by atoms with Gasteiger partial charge in [-0.3, -0.25) is 9.59 Å². The Morgan fingerprint density at radius 1 is 1.12 bits per heavy atom. The first-order chi connectivity index (χ1) is 11.4. The van der Waals surface area contributed by atoms with Gasteiger partial charge in [0.25, 0.3) is 5.91 Å². The van der Waals surface area contributed by atoms with Crippen molar-refractivity contribution in [2.24, 2.45) is 0 Å². The number of carbonyl (C=O) groups excluding carboxylic acids is 2. The summed E-state index contributed by atoms with van der Waals surface area (Å²) in [5, 5.41) is 2.46. The van der Waals surface area contributed by atoms with Crippen molar-refractivity contribution in [3.8, 4) is 0 Å². The van der Waals surface area contributed by atoms with Gasteiger partial charge in [0.1, 0.15) is 11.6 Å². The Morgan fingerprint density at radius 3 is 2.50 bits per heavy atom. The first-order valence-corrected chi connectivity index (χ1v) is 7.36. The highest BCUT2D eigenvalue weighted by Gasteiger charge is 2.19. The minimum Gasteiger partial charge on any atom is -0.452 e. The fraction of sp³-hybridized carbons (Fsp3) is 0.222. The molecule has 0 aromatic heterocycles. The van der Waals surface area contributed by atoms with Crippen LogP contribution < -0.4 is 5.32 Å². The van der Waals surface area contributed by atoms with Crippen LogP contribution in [0.15, 0.2) is 42.5 Å². The van der Waals surface area contributed by atoms with Gasteiger partial charge >= 0.3 is 5.97 Å². The molecule has 1 atom stereocenters. The molecule has 0 aliphatic carbocycles. The van der Waals surface area contributed by atoms with Crippen molar-refractivity contribution in [3.63, 3.8) is 0 Å². The molecule has 4 nitrogen and oxygen atoms in total. The zero-order chi connectivity index (χ0) is 17.7. The van der Waals surface area contributed by atoms with Crippen molar-refractivity contribution < 1.29 is 23.1 Å². The van der Waals surface area contributed by atoms with Crippen LogP contribution in [0.2, 0.25) is 0 Å². The van der Waals surface area contributed by atoms with Crippen molar-refractivity contribution in [2.45, 2.75) is 26.4 Å². The lowest BCUT2D eigenvalue weighted by atomic mass is 10.1. The van der Waals surface area contributed by atoms with Crippen LogP contribution in [0, 0.1) is 18.6 Å². The van der Waals surface area contributed by atoms with Crippen molar-refractivity contribution in [1.82, 2.24) is 0 Å². The lowest BCUT2D eigenvalue weighted by Crippen LogP contribution is -2.30. The molecule has 0 fully saturated rings. The molecule has 0 spiro atoms. The van der Waals surface area contributed by atoms with Crippen molar-refractivity contribution in [3.05, 3.63) is 65.2 Å². The third-order valence-electron chi connectivity index (χ3n) is 3.41. The lowest BCUT2D eigenvalue weighted by molar-refractivity contribution is -0.152. The normalized spacial score (nSPS) is 11.7. The molecule has 2 rings (SSSR count). The maximum absolute atomic E-state index is 13.5. The fourth-order valence-electron chi connectivity index (χ4n) is 2.00. The monoisotopic (exact) mass is 333 g/mol. The largest absolute Gasteiger partial charge is 0.452 e. The molecule has 1 amide bonds. The Bertz CT molecular complexity index is 762. The Morgan fingerprint density at radius 2 is 1.83 bits per heavy atom. The topological polar surface area (TPSA) is 55.4 Å². The molecule has 0 aliphatic rings. The van der Waals surface area contributed by atoms with E-state index < -0.39 is 29.6 Å². The summed E-state index contributed by atoms with van der Waals surface area (Å²) in [6, 6.07) is 10.1. The summed E-state index contributed by atoms with van der Waals surface area (Å²) in [5.74, 6) is -2.28. The number of benzene rings is 2. The van der Waals surface area contributed by atoms with E-state index in [-0.39, 0.29) is 17.7 Å². The number of anilines is 1. The Balaban J connectivity index is 1.92. The molecule has 0 saturated carbocycles. The SMILES string of the molecule is Cc1ccc(NC(=O)[C@@H](C)OC(=O)Cc2ccccc2F)cc1F. The Labute approximate surface area is 138 Å². The van der Waals surface area contributed by atoms with E-state index >= 15 is 0 Å². The van der Waals surface area contributed by atoms with Crippen LogP contribution in [-0.4, -0.2) is 18.0 Å². The predicted octanol–water partition coefficient (Wildman–Crippen LogP) is 3.39. The number of nitrogens with one attached hydrogen (secondary N) is 1. The van der Waals surface area contributed by atoms with E-state index in [2.05, 4.69) is 5.32 Å². The Hall–Kier alpha value is -2.76. The minimum absolute atomic E-state index is 0.190. The molecule has 24 heavy (non-hydrogen) atoms. The minimum atomic E-state index is -1.09. The number of amides is 1. The maximum atomic E-state index is 13.5. The standard InChI is InChI=1S/C18H17F2NO3/c1-11-7-8-14(10-16(11)20)21-18(23)12(2)24-17(22)9-13-5-3-4-6-15(13)19/h3-8,10,12H,9H2,1-2H3,(H,21,23)/t12-/m1/s1. The zero-order valence-electron chi connectivity index (χ0n) is 13.3. The molecule has 1 N–H and O–H groups in total. The van der Waals surface area contributed by atoms with Gasteiger partial charge in [-0.25, -0.2) is 8.78 Å². The molecule has 0 unspecified atom stereocenters. The summed E-state index contributed by atoms with van der Waals surface area (Å²) >= 11 is 0. The molecule has 0 saturated heterocycles. The summed E-state index contributed by atoms with van der Waals surface area (Å²) in [5.41, 5.74) is 0.910. The highest BCUT2D eigenvalue weighted by atomic mass is 19.1. The van der Waals surface area contributed by atoms with Crippen molar-refractivity contribution in [2.75, 3.05) is 5.32 Å². The number of rotatable bonds is 5. The van der Waals surface area contributed by atoms with Gasteiger partial charge < -0.3 is 10.1 Å². The highest BCUT2D eigenvalue weighted by molar-refractivity contribution is 5.95. The van der Waals surface area contributed by atoms with E-state index in [0.29, 0.717) is 5.56 Å². The van der Waals surface area contributed by atoms with E-state index in [0.717, 1.165) is 0 Å². The van der Waals surface area contributed by atoms with Gasteiger partial charge in [0.2, 0.25) is 0 Å². The summed E-state index contributed by atoms with van der Waals surface area (Å²) in [6.07, 6.45) is -1.36. The third kappa shape index (κ3) is 4.62. The summed E-state index contributed by atoms with van der Waals surface area (Å²) in [4.78, 5) is 23.8. The van der Waals surface area contributed by atoms with Gasteiger partial charge in [-0.15, -0.1) is 0 Å². The van der Waals surface area contributed by atoms with Crippen LogP contribution in [-0.2, 0) is 20.7 Å². The van der Waals surface area contributed by atoms with Gasteiger partial charge in [-0.05, 0) is 43.2 Å². The molecule has 126 valence electrons. The smallest absolute Gasteiger partial charge is 0.311 e. The molecule has 2 aromatic carbocycles. The van der Waals surface area contributed by atoms with Crippen LogP contribution in [0.4, 0.5) is 14.5 Å². The number of esters is 1. The quantitative estimate of drug-likeness (QED) is 0.854. The van der Waals surface area contributed by atoms with E-state index in [9.17, 15) is 18.4 Å². The molecule has 0 aliphatic heterocycles. The van der Waals surface area contributed by atoms with Gasteiger partial charge in [0.05, 0.1) is 6.42 Å². The number of aryl methyl sites for hydroxylation is 1. The maximum Gasteiger partial charge on any atom is 0.311 e. The van der Waals surface area contributed by atoms with E-state index in [1.807, 2.05) is 0 Å². The predicted molar refractivity (Wildman–Crippen MR) is 85.4 cm³/mol. The van der Waals surface area contributed by atoms with Gasteiger partial charge in [-0.1, -0.05) is 24.3 Å². The molecular formula is C18H17F2NO3. The summed E-state index contributed by atoms with van der Waals surface area (Å²) in [7, 11) is 0. The molecule has 0 bridgehead atoms. The summed E-state index contributed by atoms with van der Waals surface area (Å²) < 4.78 is 31.9. The van der Waals surface area contributed by atoms with Gasteiger partial charge in [-0.2, -0.15) is 0 Å². The first-order valence-electron chi connectivity index (χ1n) is 7.36. The number of hydrogen-bond donors (Lipinski definition) is 1. The average Bonchev–Trinajstić information content (AvgIpc) is 2.53. The fourth-order valence-corrected chi connectivity index (χ4v) is 2.00. The van der Waals surface area contributed by atoms with Gasteiger partial charge in [0.15, 0.2) is 6.10 Å².